The number of carboxylic acids is 1. The van der Waals surface area contributed by atoms with Gasteiger partial charge in [0, 0.05) is 5.69 Å². The monoisotopic (exact) mass is 262 g/mol. The number of hydrogen-bond donors (Lipinski definition) is 3. The number of aliphatic carboxylic acids is 1. The van der Waals surface area contributed by atoms with Gasteiger partial charge < -0.3 is 15.7 Å². The second-order valence-corrected chi connectivity index (χ2v) is 4.76. The van der Waals surface area contributed by atoms with Gasteiger partial charge in [-0.15, -0.1) is 0 Å². The van der Waals surface area contributed by atoms with Crippen LogP contribution < -0.4 is 10.6 Å². The average molecular weight is 262 g/mol. The molecule has 1 fully saturated rings. The highest BCUT2D eigenvalue weighted by Crippen LogP contribution is 2.13. The predicted molar refractivity (Wildman–Crippen MR) is 72.1 cm³/mol. The van der Waals surface area contributed by atoms with E-state index >= 15 is 0 Å². The fourth-order valence-electron chi connectivity index (χ4n) is 2.19. The molecule has 5 nitrogen and oxygen atoms in total. The summed E-state index contributed by atoms with van der Waals surface area (Å²) in [4.78, 5) is 22.5. The van der Waals surface area contributed by atoms with Crippen molar-refractivity contribution < 1.29 is 14.7 Å². The number of piperidine rings is 1. The zero-order valence-electron chi connectivity index (χ0n) is 10.7. The van der Waals surface area contributed by atoms with E-state index in [0.29, 0.717) is 5.69 Å². The van der Waals surface area contributed by atoms with Crippen LogP contribution in [0.1, 0.15) is 24.8 Å². The van der Waals surface area contributed by atoms with Crippen LogP contribution >= 0.6 is 0 Å². The normalized spacial score (nSPS) is 18.8. The molecule has 1 unspecified atom stereocenters. The molecule has 1 amide bonds. The Morgan fingerprint density at radius 3 is 2.58 bits per heavy atom. The lowest BCUT2D eigenvalue weighted by Gasteiger charge is -2.22. The largest absolute Gasteiger partial charge is 0.481 e. The van der Waals surface area contributed by atoms with E-state index in [2.05, 4.69) is 10.6 Å². The van der Waals surface area contributed by atoms with Crippen LogP contribution in [0.25, 0.3) is 0 Å². The second-order valence-electron chi connectivity index (χ2n) is 4.76. The lowest BCUT2D eigenvalue weighted by molar-refractivity contribution is -0.136. The smallest absolute Gasteiger partial charge is 0.307 e. The summed E-state index contributed by atoms with van der Waals surface area (Å²) in [6, 6.07) is 6.79. The third-order valence-corrected chi connectivity index (χ3v) is 3.20. The van der Waals surface area contributed by atoms with Crippen molar-refractivity contribution in [1.29, 1.82) is 0 Å². The van der Waals surface area contributed by atoms with E-state index < -0.39 is 5.97 Å². The van der Waals surface area contributed by atoms with Gasteiger partial charge in [0.05, 0.1) is 12.5 Å². The quantitative estimate of drug-likeness (QED) is 0.766. The van der Waals surface area contributed by atoms with Crippen LogP contribution in [-0.2, 0) is 16.0 Å². The minimum absolute atomic E-state index is 0.00158. The fraction of sp³-hybridized carbons (Fsp3) is 0.429. The summed E-state index contributed by atoms with van der Waals surface area (Å²) in [6.45, 7) is 0.885. The maximum Gasteiger partial charge on any atom is 0.307 e. The molecular weight excluding hydrogens is 244 g/mol. The van der Waals surface area contributed by atoms with Crippen LogP contribution in [-0.4, -0.2) is 29.6 Å². The number of carbonyl (C=O) groups is 2. The van der Waals surface area contributed by atoms with Crippen molar-refractivity contribution in [3.05, 3.63) is 29.8 Å². The summed E-state index contributed by atoms with van der Waals surface area (Å²) in [6.07, 6.45) is 3.05. The van der Waals surface area contributed by atoms with Crippen molar-refractivity contribution in [3.63, 3.8) is 0 Å². The molecule has 2 rings (SSSR count). The van der Waals surface area contributed by atoms with E-state index in [1.807, 2.05) is 0 Å². The van der Waals surface area contributed by atoms with Gasteiger partial charge in [0.25, 0.3) is 0 Å². The van der Waals surface area contributed by atoms with E-state index in [4.69, 9.17) is 5.11 Å². The molecule has 1 aromatic rings. The molecule has 1 heterocycles. The Hall–Kier alpha value is -1.88. The maximum atomic E-state index is 12.0. The van der Waals surface area contributed by atoms with E-state index in [1.54, 1.807) is 24.3 Å². The Balaban J connectivity index is 1.91. The van der Waals surface area contributed by atoms with E-state index in [1.165, 1.54) is 0 Å². The molecule has 1 atom stereocenters. The lowest BCUT2D eigenvalue weighted by Crippen LogP contribution is -2.43. The first-order chi connectivity index (χ1) is 9.15. The molecule has 5 heteroatoms. The molecule has 3 N–H and O–H groups in total. The Labute approximate surface area is 112 Å². The van der Waals surface area contributed by atoms with Crippen LogP contribution in [0.4, 0.5) is 5.69 Å². The third-order valence-electron chi connectivity index (χ3n) is 3.20. The number of nitrogens with one attached hydrogen (secondary N) is 2. The van der Waals surface area contributed by atoms with Crippen molar-refractivity contribution in [2.45, 2.75) is 31.7 Å². The van der Waals surface area contributed by atoms with Crippen molar-refractivity contribution in [2.75, 3.05) is 11.9 Å². The highest BCUT2D eigenvalue weighted by atomic mass is 16.4. The zero-order valence-corrected chi connectivity index (χ0v) is 10.7. The van der Waals surface area contributed by atoms with Crippen LogP contribution in [0.2, 0.25) is 0 Å². The highest BCUT2D eigenvalue weighted by molar-refractivity contribution is 5.94. The summed E-state index contributed by atoms with van der Waals surface area (Å²) in [5, 5.41) is 14.7. The summed E-state index contributed by atoms with van der Waals surface area (Å²) < 4.78 is 0. The number of carboxylic acid groups (broad SMARTS) is 1. The van der Waals surface area contributed by atoms with Crippen molar-refractivity contribution in [3.8, 4) is 0 Å². The van der Waals surface area contributed by atoms with Crippen LogP contribution in [0.3, 0.4) is 0 Å². The molecule has 0 spiro atoms. The van der Waals surface area contributed by atoms with Gasteiger partial charge in [0.2, 0.25) is 5.91 Å². The van der Waals surface area contributed by atoms with Gasteiger partial charge >= 0.3 is 5.97 Å². The first-order valence-electron chi connectivity index (χ1n) is 6.50. The Kier molecular flexibility index (Phi) is 4.52. The minimum Gasteiger partial charge on any atom is -0.481 e. The number of rotatable bonds is 4. The van der Waals surface area contributed by atoms with E-state index in [0.717, 1.165) is 31.4 Å². The van der Waals surface area contributed by atoms with Gasteiger partial charge in [-0.25, -0.2) is 0 Å². The molecule has 1 aliphatic heterocycles. The SMILES string of the molecule is O=C(O)Cc1ccc(NC(=O)C2CCCCN2)cc1. The standard InChI is InChI=1S/C14H18N2O3/c17-13(18)9-10-4-6-11(7-5-10)16-14(19)12-3-1-2-8-15-12/h4-7,12,15H,1-3,8-9H2,(H,16,19)(H,17,18). The topological polar surface area (TPSA) is 78.4 Å². The molecule has 0 aliphatic carbocycles. The summed E-state index contributed by atoms with van der Waals surface area (Å²) in [5.74, 6) is -0.881. The van der Waals surface area contributed by atoms with Crippen LogP contribution in [0.15, 0.2) is 24.3 Å². The first-order valence-corrected chi connectivity index (χ1v) is 6.50. The fourth-order valence-corrected chi connectivity index (χ4v) is 2.19. The highest BCUT2D eigenvalue weighted by Gasteiger charge is 2.20. The van der Waals surface area contributed by atoms with Gasteiger partial charge in [-0.2, -0.15) is 0 Å². The van der Waals surface area contributed by atoms with E-state index in [-0.39, 0.29) is 18.4 Å². The number of benzene rings is 1. The number of amides is 1. The average Bonchev–Trinajstić information content (AvgIpc) is 2.41. The molecule has 19 heavy (non-hydrogen) atoms. The predicted octanol–water partition coefficient (Wildman–Crippen LogP) is 1.39. The molecule has 0 saturated carbocycles. The van der Waals surface area contributed by atoms with Gasteiger partial charge in [0.15, 0.2) is 0 Å². The second kappa shape index (κ2) is 6.33. The number of carbonyl (C=O) groups excluding carboxylic acids is 1. The summed E-state index contributed by atoms with van der Waals surface area (Å²) in [7, 11) is 0. The van der Waals surface area contributed by atoms with Crippen molar-refractivity contribution in [2.24, 2.45) is 0 Å². The van der Waals surface area contributed by atoms with Crippen molar-refractivity contribution in [1.82, 2.24) is 5.32 Å². The van der Waals surface area contributed by atoms with Gasteiger partial charge in [-0.1, -0.05) is 18.6 Å². The van der Waals surface area contributed by atoms with Crippen LogP contribution in [0.5, 0.6) is 0 Å². The minimum atomic E-state index is -0.858. The molecule has 102 valence electrons. The molecule has 1 saturated heterocycles. The molecule has 1 aliphatic rings. The van der Waals surface area contributed by atoms with Gasteiger partial charge in [-0.05, 0) is 37.1 Å². The van der Waals surface area contributed by atoms with Crippen molar-refractivity contribution >= 4 is 17.6 Å². The summed E-state index contributed by atoms with van der Waals surface area (Å²) >= 11 is 0. The Morgan fingerprint density at radius 1 is 1.26 bits per heavy atom. The van der Waals surface area contributed by atoms with Crippen LogP contribution in [0, 0.1) is 0 Å². The Bertz CT molecular complexity index is 450. The molecule has 1 aromatic carbocycles. The lowest BCUT2D eigenvalue weighted by atomic mass is 10.0. The molecule has 0 bridgehead atoms. The zero-order chi connectivity index (χ0) is 13.7. The first kappa shape index (κ1) is 13.5. The maximum absolute atomic E-state index is 12.0. The summed E-state index contributed by atoms with van der Waals surface area (Å²) in [5.41, 5.74) is 1.42. The Morgan fingerprint density at radius 2 is 2.00 bits per heavy atom. The molecule has 0 radical (unpaired) electrons. The molecule has 0 aromatic heterocycles. The number of anilines is 1. The van der Waals surface area contributed by atoms with Gasteiger partial charge in [0.1, 0.15) is 0 Å². The number of hydrogen-bond acceptors (Lipinski definition) is 3. The molecular formula is C14H18N2O3. The van der Waals surface area contributed by atoms with Gasteiger partial charge in [-0.3, -0.25) is 9.59 Å². The third kappa shape index (κ3) is 4.06. The van der Waals surface area contributed by atoms with E-state index in [9.17, 15) is 9.59 Å².